The third kappa shape index (κ3) is 3.33. The molecule has 0 radical (unpaired) electrons. The summed E-state index contributed by atoms with van der Waals surface area (Å²) >= 11 is 0. The van der Waals surface area contributed by atoms with Gasteiger partial charge in [-0.1, -0.05) is 19.9 Å². The van der Waals surface area contributed by atoms with Crippen LogP contribution >= 0.6 is 0 Å². The van der Waals surface area contributed by atoms with Gasteiger partial charge >= 0.3 is 0 Å². The van der Waals surface area contributed by atoms with Gasteiger partial charge in [-0.05, 0) is 5.92 Å². The summed E-state index contributed by atoms with van der Waals surface area (Å²) in [7, 11) is 1.56. The smallest absolute Gasteiger partial charge is 0.165 e. The Morgan fingerprint density at radius 3 is 2.45 bits per heavy atom. The summed E-state index contributed by atoms with van der Waals surface area (Å²) in [6.07, 6.45) is 1.74. The van der Waals surface area contributed by atoms with Crippen LogP contribution in [0.15, 0.2) is 12.7 Å². The molecule has 0 aliphatic rings. The molecule has 0 aliphatic carbocycles. The standard InChI is InChI=1S/C9H16O2/c1-5-6-8(10)9(11-4)7(2)3/h5,7,9H,1,6H2,2-4H3. The monoisotopic (exact) mass is 156 g/mol. The van der Waals surface area contributed by atoms with E-state index < -0.39 is 0 Å². The molecule has 0 saturated heterocycles. The van der Waals surface area contributed by atoms with Crippen molar-refractivity contribution in [2.45, 2.75) is 26.4 Å². The van der Waals surface area contributed by atoms with Crippen LogP contribution in [0.2, 0.25) is 0 Å². The fourth-order valence-electron chi connectivity index (χ4n) is 1.03. The Morgan fingerprint density at radius 1 is 1.64 bits per heavy atom. The van der Waals surface area contributed by atoms with Crippen molar-refractivity contribution in [3.8, 4) is 0 Å². The second-order valence-corrected chi connectivity index (χ2v) is 2.86. The predicted octanol–water partition coefficient (Wildman–Crippen LogP) is 1.80. The molecule has 2 heteroatoms. The van der Waals surface area contributed by atoms with Crippen molar-refractivity contribution in [2.24, 2.45) is 5.92 Å². The number of ketones is 1. The molecule has 0 aromatic carbocycles. The first kappa shape index (κ1) is 10.4. The zero-order valence-electron chi connectivity index (χ0n) is 7.46. The minimum absolute atomic E-state index is 0.109. The van der Waals surface area contributed by atoms with Crippen LogP contribution in [-0.4, -0.2) is 19.0 Å². The van der Waals surface area contributed by atoms with E-state index in [9.17, 15) is 4.79 Å². The zero-order valence-corrected chi connectivity index (χ0v) is 7.46. The van der Waals surface area contributed by atoms with Crippen molar-refractivity contribution in [1.29, 1.82) is 0 Å². The molecule has 2 nitrogen and oxygen atoms in total. The molecule has 1 unspecified atom stereocenters. The van der Waals surface area contributed by atoms with E-state index in [0.29, 0.717) is 6.42 Å². The van der Waals surface area contributed by atoms with Gasteiger partial charge in [0.05, 0.1) is 0 Å². The first-order chi connectivity index (χ1) is 5.13. The molecule has 0 amide bonds. The summed E-state index contributed by atoms with van der Waals surface area (Å²) in [6, 6.07) is 0. The fourth-order valence-corrected chi connectivity index (χ4v) is 1.03. The average molecular weight is 156 g/mol. The largest absolute Gasteiger partial charge is 0.373 e. The number of hydrogen-bond donors (Lipinski definition) is 0. The number of rotatable bonds is 5. The maximum absolute atomic E-state index is 11.2. The van der Waals surface area contributed by atoms with Crippen molar-refractivity contribution >= 4 is 5.78 Å². The number of allylic oxidation sites excluding steroid dienone is 1. The maximum Gasteiger partial charge on any atom is 0.165 e. The van der Waals surface area contributed by atoms with E-state index in [2.05, 4.69) is 6.58 Å². The lowest BCUT2D eigenvalue weighted by Gasteiger charge is -2.16. The Kier molecular flexibility index (Phi) is 4.79. The molecule has 1 atom stereocenters. The first-order valence-electron chi connectivity index (χ1n) is 3.79. The number of Topliss-reactive ketones (excluding diaryl/α,β-unsaturated/α-hetero) is 1. The van der Waals surface area contributed by atoms with E-state index in [-0.39, 0.29) is 17.8 Å². The molecule has 0 N–H and O–H groups in total. The number of carbonyl (C=O) groups is 1. The lowest BCUT2D eigenvalue weighted by molar-refractivity contribution is -0.130. The predicted molar refractivity (Wildman–Crippen MR) is 45.5 cm³/mol. The van der Waals surface area contributed by atoms with Crippen LogP contribution in [0.25, 0.3) is 0 Å². The summed E-state index contributed by atoms with van der Waals surface area (Å²) < 4.78 is 5.03. The van der Waals surface area contributed by atoms with Crippen LogP contribution in [-0.2, 0) is 9.53 Å². The van der Waals surface area contributed by atoms with Gasteiger partial charge in [0.1, 0.15) is 6.10 Å². The van der Waals surface area contributed by atoms with Crippen LogP contribution < -0.4 is 0 Å². The second-order valence-electron chi connectivity index (χ2n) is 2.86. The van der Waals surface area contributed by atoms with E-state index in [1.807, 2.05) is 13.8 Å². The molecule has 0 heterocycles. The second kappa shape index (κ2) is 5.08. The molecule has 0 aromatic heterocycles. The molecule has 11 heavy (non-hydrogen) atoms. The van der Waals surface area contributed by atoms with Crippen LogP contribution in [0.4, 0.5) is 0 Å². The summed E-state index contributed by atoms with van der Waals surface area (Å²) in [5.74, 6) is 0.352. The molecule has 64 valence electrons. The Hall–Kier alpha value is -0.630. The van der Waals surface area contributed by atoms with E-state index in [1.165, 1.54) is 0 Å². The van der Waals surface area contributed by atoms with Gasteiger partial charge in [0.15, 0.2) is 5.78 Å². The summed E-state index contributed by atoms with van der Waals surface area (Å²) in [5, 5.41) is 0. The van der Waals surface area contributed by atoms with Gasteiger partial charge in [0.2, 0.25) is 0 Å². The van der Waals surface area contributed by atoms with Crippen molar-refractivity contribution in [3.63, 3.8) is 0 Å². The van der Waals surface area contributed by atoms with E-state index in [1.54, 1.807) is 13.2 Å². The minimum atomic E-state index is -0.270. The quantitative estimate of drug-likeness (QED) is 0.567. The third-order valence-electron chi connectivity index (χ3n) is 1.52. The van der Waals surface area contributed by atoms with Gasteiger partial charge in [0.25, 0.3) is 0 Å². The Labute approximate surface area is 68.2 Å². The fraction of sp³-hybridized carbons (Fsp3) is 0.667. The van der Waals surface area contributed by atoms with Crippen LogP contribution in [0, 0.1) is 5.92 Å². The third-order valence-corrected chi connectivity index (χ3v) is 1.52. The Morgan fingerprint density at radius 2 is 2.18 bits per heavy atom. The molecule has 0 bridgehead atoms. The highest BCUT2D eigenvalue weighted by atomic mass is 16.5. The summed E-state index contributed by atoms with van der Waals surface area (Å²) in [6.45, 7) is 7.44. The van der Waals surface area contributed by atoms with Crippen molar-refractivity contribution in [3.05, 3.63) is 12.7 Å². The van der Waals surface area contributed by atoms with Crippen molar-refractivity contribution in [1.82, 2.24) is 0 Å². The van der Waals surface area contributed by atoms with Gasteiger partial charge in [-0.2, -0.15) is 0 Å². The highest BCUT2D eigenvalue weighted by molar-refractivity contribution is 5.84. The Balaban J connectivity index is 4.02. The number of hydrogen-bond acceptors (Lipinski definition) is 2. The topological polar surface area (TPSA) is 26.3 Å². The highest BCUT2D eigenvalue weighted by Crippen LogP contribution is 2.08. The number of carbonyl (C=O) groups excluding carboxylic acids is 1. The zero-order chi connectivity index (χ0) is 8.85. The number of ether oxygens (including phenoxy) is 1. The molecule has 0 spiro atoms. The van der Waals surface area contributed by atoms with Crippen molar-refractivity contribution in [2.75, 3.05) is 7.11 Å². The minimum Gasteiger partial charge on any atom is -0.373 e. The van der Waals surface area contributed by atoms with Crippen molar-refractivity contribution < 1.29 is 9.53 Å². The molecule has 0 saturated carbocycles. The molecular weight excluding hydrogens is 140 g/mol. The summed E-state index contributed by atoms with van der Waals surface area (Å²) in [4.78, 5) is 11.2. The van der Waals surface area contributed by atoms with Gasteiger partial charge in [-0.15, -0.1) is 6.58 Å². The lowest BCUT2D eigenvalue weighted by Crippen LogP contribution is -2.27. The summed E-state index contributed by atoms with van der Waals surface area (Å²) in [5.41, 5.74) is 0. The van der Waals surface area contributed by atoms with Crippen LogP contribution in [0.3, 0.4) is 0 Å². The Bertz CT molecular complexity index is 138. The molecule has 0 aliphatic heterocycles. The SMILES string of the molecule is C=CCC(=O)C(OC)C(C)C. The maximum atomic E-state index is 11.2. The molecule has 0 fully saturated rings. The number of methoxy groups -OCH3 is 1. The van der Waals surface area contributed by atoms with E-state index in [4.69, 9.17) is 4.74 Å². The van der Waals surface area contributed by atoms with Gasteiger partial charge in [-0.25, -0.2) is 0 Å². The molecule has 0 rings (SSSR count). The highest BCUT2D eigenvalue weighted by Gasteiger charge is 2.19. The van der Waals surface area contributed by atoms with E-state index in [0.717, 1.165) is 0 Å². The van der Waals surface area contributed by atoms with Gasteiger partial charge < -0.3 is 4.74 Å². The lowest BCUT2D eigenvalue weighted by atomic mass is 10.0. The molecular formula is C9H16O2. The molecule has 0 aromatic rings. The van der Waals surface area contributed by atoms with E-state index >= 15 is 0 Å². The first-order valence-corrected chi connectivity index (χ1v) is 3.79. The van der Waals surface area contributed by atoms with Crippen LogP contribution in [0.5, 0.6) is 0 Å². The average Bonchev–Trinajstić information content (AvgIpc) is 1.88. The van der Waals surface area contributed by atoms with Gasteiger partial charge in [0, 0.05) is 13.5 Å². The van der Waals surface area contributed by atoms with Gasteiger partial charge in [-0.3, -0.25) is 4.79 Å². The normalized spacial score (nSPS) is 13.1. The van der Waals surface area contributed by atoms with Crippen LogP contribution in [0.1, 0.15) is 20.3 Å².